The first-order valence-corrected chi connectivity index (χ1v) is 12.6. The maximum absolute atomic E-state index is 13.7. The number of carbonyl (C=O) groups is 1. The lowest BCUT2D eigenvalue weighted by molar-refractivity contribution is 0.0675. The van der Waals surface area contributed by atoms with Crippen molar-refractivity contribution in [3.05, 3.63) is 63.7 Å². The molecule has 186 valence electrons. The second-order valence-corrected chi connectivity index (χ2v) is 9.78. The molecule has 2 aliphatic heterocycles. The summed E-state index contributed by atoms with van der Waals surface area (Å²) in [6.45, 7) is 8.02. The summed E-state index contributed by atoms with van der Waals surface area (Å²) >= 11 is 0. The molecule has 0 saturated carbocycles. The molecule has 1 N–H and O–H groups in total. The summed E-state index contributed by atoms with van der Waals surface area (Å²) < 4.78 is 7.49. The molecule has 0 atom stereocenters. The van der Waals surface area contributed by atoms with Crippen LogP contribution in [0.2, 0.25) is 0 Å². The van der Waals surface area contributed by atoms with Crippen LogP contribution in [0.25, 0.3) is 21.8 Å². The Morgan fingerprint density at radius 3 is 2.58 bits per heavy atom. The molecule has 0 spiro atoms. The lowest BCUT2D eigenvalue weighted by Gasteiger charge is -2.35. The Morgan fingerprint density at radius 2 is 1.83 bits per heavy atom. The molecule has 6 rings (SSSR count). The third-order valence-electron chi connectivity index (χ3n) is 7.44. The number of pyridine rings is 2. The van der Waals surface area contributed by atoms with Crippen LogP contribution in [-0.4, -0.2) is 69.9 Å². The predicted octanol–water partition coefficient (Wildman–Crippen LogP) is 3.20. The minimum atomic E-state index is -0.157. The molecule has 5 heterocycles. The van der Waals surface area contributed by atoms with Crippen molar-refractivity contribution in [3.63, 3.8) is 0 Å². The van der Waals surface area contributed by atoms with Gasteiger partial charge in [-0.3, -0.25) is 14.3 Å². The summed E-state index contributed by atoms with van der Waals surface area (Å²) in [5, 5.41) is 6.00. The Hall–Kier alpha value is -3.72. The largest absolute Gasteiger partial charge is 0.381 e. The number of aryl methyl sites for hydroxylation is 2. The number of piperazine rings is 1. The van der Waals surface area contributed by atoms with Crippen molar-refractivity contribution in [1.82, 2.24) is 24.6 Å². The maximum Gasteiger partial charge on any atom is 0.259 e. The molecule has 36 heavy (non-hydrogen) atoms. The molecule has 2 saturated heterocycles. The molecule has 1 amide bonds. The Balaban J connectivity index is 1.34. The summed E-state index contributed by atoms with van der Waals surface area (Å²) in [5.74, 6) is 0.972. The van der Waals surface area contributed by atoms with Crippen LogP contribution in [0.1, 0.15) is 40.5 Å². The Kier molecular flexibility index (Phi) is 5.72. The van der Waals surface area contributed by atoms with E-state index in [0.717, 1.165) is 59.4 Å². The van der Waals surface area contributed by atoms with Gasteiger partial charge < -0.3 is 19.5 Å². The van der Waals surface area contributed by atoms with E-state index in [1.165, 1.54) is 0 Å². The zero-order valence-electron chi connectivity index (χ0n) is 20.7. The van der Waals surface area contributed by atoms with Gasteiger partial charge >= 0.3 is 0 Å². The molecular weight excluding hydrogens is 456 g/mol. The number of nitrogens with one attached hydrogen (secondary N) is 1. The summed E-state index contributed by atoms with van der Waals surface area (Å²) in [7, 11) is 0. The number of amides is 1. The van der Waals surface area contributed by atoms with Gasteiger partial charge in [-0.1, -0.05) is 6.07 Å². The minimum Gasteiger partial charge on any atom is -0.381 e. The normalized spacial score (nSPS) is 17.3. The van der Waals surface area contributed by atoms with Crippen molar-refractivity contribution >= 4 is 33.5 Å². The highest BCUT2D eigenvalue weighted by molar-refractivity contribution is 6.07. The van der Waals surface area contributed by atoms with Gasteiger partial charge in [0, 0.05) is 56.0 Å². The molecule has 9 heteroatoms. The fourth-order valence-corrected chi connectivity index (χ4v) is 5.44. The van der Waals surface area contributed by atoms with Crippen LogP contribution in [0, 0.1) is 13.8 Å². The Labute approximate surface area is 208 Å². The Morgan fingerprint density at radius 1 is 1.06 bits per heavy atom. The number of rotatable bonds is 3. The number of benzene rings is 1. The van der Waals surface area contributed by atoms with E-state index in [-0.39, 0.29) is 17.5 Å². The first kappa shape index (κ1) is 22.7. The molecule has 0 aliphatic carbocycles. The summed E-state index contributed by atoms with van der Waals surface area (Å²) in [6.07, 6.45) is 3.34. The number of hydrogen-bond acceptors (Lipinski definition) is 6. The fourth-order valence-electron chi connectivity index (χ4n) is 5.44. The average molecular weight is 487 g/mol. The molecule has 0 unspecified atom stereocenters. The van der Waals surface area contributed by atoms with Gasteiger partial charge in [-0.15, -0.1) is 0 Å². The van der Waals surface area contributed by atoms with Crippen LogP contribution in [0.15, 0.2) is 41.3 Å². The number of hydrogen-bond donors (Lipinski definition) is 1. The first-order valence-electron chi connectivity index (χ1n) is 12.6. The highest BCUT2D eigenvalue weighted by Crippen LogP contribution is 2.30. The van der Waals surface area contributed by atoms with E-state index in [2.05, 4.69) is 20.0 Å². The van der Waals surface area contributed by atoms with Crippen LogP contribution in [0.3, 0.4) is 0 Å². The second-order valence-electron chi connectivity index (χ2n) is 9.78. The number of ether oxygens (including phenoxy) is 1. The molecular formula is C27H30N6O3. The predicted molar refractivity (Wildman–Crippen MR) is 139 cm³/mol. The van der Waals surface area contributed by atoms with E-state index in [4.69, 9.17) is 4.74 Å². The van der Waals surface area contributed by atoms with Gasteiger partial charge in [0.25, 0.3) is 11.5 Å². The van der Waals surface area contributed by atoms with Gasteiger partial charge in [0.05, 0.1) is 28.7 Å². The van der Waals surface area contributed by atoms with Crippen molar-refractivity contribution in [1.29, 1.82) is 0 Å². The highest BCUT2D eigenvalue weighted by atomic mass is 16.5. The van der Waals surface area contributed by atoms with Crippen molar-refractivity contribution in [2.45, 2.75) is 32.7 Å². The van der Waals surface area contributed by atoms with Crippen LogP contribution in [0.4, 0.5) is 5.82 Å². The standard InChI is InChI=1S/C27H30N6O3/c1-17-14-23-21(25-22(26(34)30-23)16-28-33(25)19-6-12-36-13-7-19)15-20(17)27(35)32-10-8-31(9-11-32)24-5-3-4-18(2)29-24/h3-5,14-16,19H,6-13H2,1-2H3,(H,30,34). The van der Waals surface area contributed by atoms with Gasteiger partial charge in [-0.05, 0) is 56.5 Å². The quantitative estimate of drug-likeness (QED) is 0.478. The number of nitrogens with zero attached hydrogens (tertiary/aromatic N) is 5. The van der Waals surface area contributed by atoms with E-state index in [9.17, 15) is 9.59 Å². The molecule has 3 aromatic heterocycles. The second kappa shape index (κ2) is 9.05. The van der Waals surface area contributed by atoms with Gasteiger partial charge in [0.15, 0.2) is 0 Å². The molecule has 0 radical (unpaired) electrons. The zero-order valence-corrected chi connectivity index (χ0v) is 20.7. The Bertz CT molecular complexity index is 1510. The topological polar surface area (TPSA) is 96.4 Å². The van der Waals surface area contributed by atoms with Gasteiger partial charge in [-0.2, -0.15) is 5.10 Å². The molecule has 1 aromatic carbocycles. The van der Waals surface area contributed by atoms with E-state index in [1.54, 1.807) is 6.20 Å². The van der Waals surface area contributed by atoms with Crippen molar-refractivity contribution < 1.29 is 9.53 Å². The van der Waals surface area contributed by atoms with Gasteiger partial charge in [0.2, 0.25) is 0 Å². The highest BCUT2D eigenvalue weighted by Gasteiger charge is 2.26. The van der Waals surface area contributed by atoms with Gasteiger partial charge in [-0.25, -0.2) is 4.98 Å². The van der Waals surface area contributed by atoms with E-state index in [1.807, 2.05) is 53.8 Å². The van der Waals surface area contributed by atoms with E-state index < -0.39 is 0 Å². The number of H-pyrrole nitrogens is 1. The lowest BCUT2D eigenvalue weighted by Crippen LogP contribution is -2.49. The lowest BCUT2D eigenvalue weighted by atomic mass is 10.0. The van der Waals surface area contributed by atoms with Crippen LogP contribution in [0.5, 0.6) is 0 Å². The van der Waals surface area contributed by atoms with E-state index in [0.29, 0.717) is 37.3 Å². The van der Waals surface area contributed by atoms with Crippen molar-refractivity contribution in [3.8, 4) is 0 Å². The van der Waals surface area contributed by atoms with Crippen LogP contribution in [-0.2, 0) is 4.74 Å². The number of aromatic nitrogens is 4. The summed E-state index contributed by atoms with van der Waals surface area (Å²) in [6, 6.07) is 10.1. The maximum atomic E-state index is 13.7. The SMILES string of the molecule is Cc1cccc(N2CCN(C(=O)c3cc4c(cc3C)[nH]c(=O)c3cnn(C5CCOCC5)c34)CC2)n1. The van der Waals surface area contributed by atoms with Crippen LogP contribution < -0.4 is 10.5 Å². The average Bonchev–Trinajstić information content (AvgIpc) is 3.35. The number of fused-ring (bicyclic) bond motifs is 3. The number of anilines is 1. The van der Waals surface area contributed by atoms with Crippen LogP contribution >= 0.6 is 0 Å². The molecule has 2 fully saturated rings. The molecule has 0 bridgehead atoms. The summed E-state index contributed by atoms with van der Waals surface area (Å²) in [4.78, 5) is 38.2. The fraction of sp³-hybridized carbons (Fsp3) is 0.407. The third kappa shape index (κ3) is 3.93. The summed E-state index contributed by atoms with van der Waals surface area (Å²) in [5.41, 5.74) is 3.87. The van der Waals surface area contributed by atoms with Crippen molar-refractivity contribution in [2.24, 2.45) is 0 Å². The molecule has 4 aromatic rings. The van der Waals surface area contributed by atoms with Gasteiger partial charge in [0.1, 0.15) is 5.82 Å². The first-order chi connectivity index (χ1) is 17.5. The molecule has 9 nitrogen and oxygen atoms in total. The van der Waals surface area contributed by atoms with Crippen molar-refractivity contribution in [2.75, 3.05) is 44.3 Å². The minimum absolute atomic E-state index is 0.0164. The number of aromatic amines is 1. The molecule has 2 aliphatic rings. The zero-order chi connectivity index (χ0) is 24.8. The smallest absolute Gasteiger partial charge is 0.259 e. The third-order valence-corrected chi connectivity index (χ3v) is 7.44. The van der Waals surface area contributed by atoms with E-state index >= 15 is 0 Å². The number of carbonyl (C=O) groups excluding carboxylic acids is 1. The monoisotopic (exact) mass is 486 g/mol.